The van der Waals surface area contributed by atoms with Crippen LogP contribution in [0.4, 0.5) is 5.69 Å². The van der Waals surface area contributed by atoms with Gasteiger partial charge in [0.2, 0.25) is 5.91 Å². The molecule has 1 N–H and O–H groups in total. The Balaban J connectivity index is 1.42. The number of anilines is 1. The summed E-state index contributed by atoms with van der Waals surface area (Å²) < 4.78 is 1.87. The third-order valence-corrected chi connectivity index (χ3v) is 4.63. The quantitative estimate of drug-likeness (QED) is 0.713. The van der Waals surface area contributed by atoms with Crippen molar-refractivity contribution in [2.75, 3.05) is 5.32 Å². The van der Waals surface area contributed by atoms with Crippen molar-refractivity contribution in [1.29, 1.82) is 0 Å². The first kappa shape index (κ1) is 15.6. The van der Waals surface area contributed by atoms with Crippen molar-refractivity contribution in [3.63, 3.8) is 0 Å². The third kappa shape index (κ3) is 3.63. The maximum absolute atomic E-state index is 12.0. The molecule has 8 heteroatoms. The number of rotatable bonds is 5. The molecule has 0 saturated heterocycles. The SMILES string of the molecule is Cc1nc(/C=C/C(=O)Nc2ccc(-c3nnnn3C3CC3)cc2)cs1. The fourth-order valence-electron chi connectivity index (χ4n) is 2.45. The lowest BCUT2D eigenvalue weighted by atomic mass is 10.2. The lowest BCUT2D eigenvalue weighted by Gasteiger charge is -2.05. The highest BCUT2D eigenvalue weighted by molar-refractivity contribution is 7.09. The Morgan fingerprint density at radius 2 is 2.12 bits per heavy atom. The van der Waals surface area contributed by atoms with Gasteiger partial charge in [-0.1, -0.05) is 0 Å². The molecule has 2 aromatic heterocycles. The molecule has 1 amide bonds. The number of nitrogens with one attached hydrogen (secondary N) is 1. The topological polar surface area (TPSA) is 85.6 Å². The fraction of sp³-hybridized carbons (Fsp3) is 0.235. The number of benzene rings is 1. The predicted octanol–water partition coefficient (Wildman–Crippen LogP) is 3.09. The van der Waals surface area contributed by atoms with E-state index in [1.807, 2.05) is 41.3 Å². The molecule has 1 saturated carbocycles. The smallest absolute Gasteiger partial charge is 0.248 e. The second-order valence-corrected chi connectivity index (χ2v) is 6.93. The van der Waals surface area contributed by atoms with Gasteiger partial charge in [0.25, 0.3) is 0 Å². The Morgan fingerprint density at radius 1 is 1.32 bits per heavy atom. The van der Waals surface area contributed by atoms with Crippen LogP contribution in [-0.4, -0.2) is 31.1 Å². The zero-order chi connectivity index (χ0) is 17.2. The largest absolute Gasteiger partial charge is 0.323 e. The van der Waals surface area contributed by atoms with E-state index in [1.165, 1.54) is 6.08 Å². The molecule has 0 aliphatic heterocycles. The zero-order valence-electron chi connectivity index (χ0n) is 13.6. The number of hydrogen-bond acceptors (Lipinski definition) is 6. The van der Waals surface area contributed by atoms with Crippen molar-refractivity contribution >= 4 is 29.0 Å². The Kier molecular flexibility index (Phi) is 4.10. The number of carbonyl (C=O) groups is 1. The normalized spacial score (nSPS) is 14.1. The number of amides is 1. The number of hydrogen-bond donors (Lipinski definition) is 1. The summed E-state index contributed by atoms with van der Waals surface area (Å²) in [6, 6.07) is 7.94. The first-order valence-electron chi connectivity index (χ1n) is 7.98. The second kappa shape index (κ2) is 6.56. The van der Waals surface area contributed by atoms with Crippen LogP contribution in [0.1, 0.15) is 29.6 Å². The zero-order valence-corrected chi connectivity index (χ0v) is 14.4. The average molecular weight is 352 g/mol. The predicted molar refractivity (Wildman–Crippen MR) is 96.0 cm³/mol. The molecule has 4 rings (SSSR count). The van der Waals surface area contributed by atoms with Crippen LogP contribution in [0.3, 0.4) is 0 Å². The Hall–Kier alpha value is -2.87. The number of aromatic nitrogens is 5. The summed E-state index contributed by atoms with van der Waals surface area (Å²) in [5, 5.41) is 17.6. The molecular formula is C17H16N6OS. The van der Waals surface area contributed by atoms with Crippen LogP contribution in [0.2, 0.25) is 0 Å². The molecule has 1 aliphatic carbocycles. The van der Waals surface area contributed by atoms with Gasteiger partial charge in [-0.15, -0.1) is 16.4 Å². The molecule has 7 nitrogen and oxygen atoms in total. The summed E-state index contributed by atoms with van der Waals surface area (Å²) in [4.78, 5) is 16.3. The maximum Gasteiger partial charge on any atom is 0.248 e. The average Bonchev–Trinajstić information content (AvgIpc) is 3.18. The van der Waals surface area contributed by atoms with E-state index in [0.29, 0.717) is 6.04 Å². The first-order chi connectivity index (χ1) is 12.2. The third-order valence-electron chi connectivity index (χ3n) is 3.84. The molecule has 3 aromatic rings. The molecule has 25 heavy (non-hydrogen) atoms. The van der Waals surface area contributed by atoms with E-state index < -0.39 is 0 Å². The molecule has 0 unspecified atom stereocenters. The van der Waals surface area contributed by atoms with Crippen molar-refractivity contribution in [2.45, 2.75) is 25.8 Å². The van der Waals surface area contributed by atoms with Crippen molar-refractivity contribution in [2.24, 2.45) is 0 Å². The highest BCUT2D eigenvalue weighted by Crippen LogP contribution is 2.36. The number of tetrazole rings is 1. The summed E-state index contributed by atoms with van der Waals surface area (Å²) in [6.45, 7) is 1.93. The van der Waals surface area contributed by atoms with Gasteiger partial charge in [-0.2, -0.15) is 0 Å². The van der Waals surface area contributed by atoms with Gasteiger partial charge in [-0.25, -0.2) is 9.67 Å². The van der Waals surface area contributed by atoms with E-state index in [4.69, 9.17) is 0 Å². The van der Waals surface area contributed by atoms with Crippen LogP contribution >= 0.6 is 11.3 Å². The van der Waals surface area contributed by atoms with E-state index in [2.05, 4.69) is 25.8 Å². The van der Waals surface area contributed by atoms with Gasteiger partial charge < -0.3 is 5.32 Å². The van der Waals surface area contributed by atoms with Crippen LogP contribution < -0.4 is 5.32 Å². The second-order valence-electron chi connectivity index (χ2n) is 5.87. The summed E-state index contributed by atoms with van der Waals surface area (Å²) >= 11 is 1.56. The molecule has 0 bridgehead atoms. The van der Waals surface area contributed by atoms with Gasteiger partial charge in [-0.3, -0.25) is 4.79 Å². The van der Waals surface area contributed by atoms with Crippen LogP contribution in [0.15, 0.2) is 35.7 Å². The van der Waals surface area contributed by atoms with Crippen LogP contribution in [0, 0.1) is 6.92 Å². The highest BCUT2D eigenvalue weighted by atomic mass is 32.1. The van der Waals surface area contributed by atoms with Crippen molar-refractivity contribution in [3.05, 3.63) is 46.4 Å². The minimum atomic E-state index is -0.193. The number of thiazole rings is 1. The highest BCUT2D eigenvalue weighted by Gasteiger charge is 2.28. The van der Waals surface area contributed by atoms with Gasteiger partial charge in [0, 0.05) is 22.7 Å². The Morgan fingerprint density at radius 3 is 2.80 bits per heavy atom. The minimum absolute atomic E-state index is 0.193. The molecule has 1 aromatic carbocycles. The Bertz CT molecular complexity index is 923. The lowest BCUT2D eigenvalue weighted by Crippen LogP contribution is -2.07. The molecule has 126 valence electrons. The summed E-state index contributed by atoms with van der Waals surface area (Å²) in [5.74, 6) is 0.570. The van der Waals surface area contributed by atoms with Crippen LogP contribution in [0.25, 0.3) is 17.5 Å². The van der Waals surface area contributed by atoms with Crippen LogP contribution in [-0.2, 0) is 4.79 Å². The lowest BCUT2D eigenvalue weighted by molar-refractivity contribution is -0.111. The van der Waals surface area contributed by atoms with E-state index >= 15 is 0 Å². The first-order valence-corrected chi connectivity index (χ1v) is 8.86. The molecule has 0 radical (unpaired) electrons. The van der Waals surface area contributed by atoms with Crippen molar-refractivity contribution in [3.8, 4) is 11.4 Å². The minimum Gasteiger partial charge on any atom is -0.323 e. The summed E-state index contributed by atoms with van der Waals surface area (Å²) in [7, 11) is 0. The molecule has 2 heterocycles. The standard InChI is InChI=1S/C17H16N6OS/c1-11-18-14(10-25-11)6-9-16(24)19-13-4-2-12(3-5-13)17-20-21-22-23(17)15-7-8-15/h2-6,9-10,15H,7-8H2,1H3,(H,19,24)/b9-6+. The molecular weight excluding hydrogens is 336 g/mol. The van der Waals surface area contributed by atoms with Gasteiger partial charge in [0.05, 0.1) is 16.7 Å². The molecule has 0 spiro atoms. The molecule has 1 aliphatic rings. The van der Waals surface area contributed by atoms with Gasteiger partial charge in [0.15, 0.2) is 5.82 Å². The number of carbonyl (C=O) groups excluding carboxylic acids is 1. The number of aryl methyl sites for hydroxylation is 1. The van der Waals surface area contributed by atoms with Crippen molar-refractivity contribution < 1.29 is 4.79 Å². The monoisotopic (exact) mass is 352 g/mol. The van der Waals surface area contributed by atoms with Crippen LogP contribution in [0.5, 0.6) is 0 Å². The summed E-state index contributed by atoms with van der Waals surface area (Å²) in [6.07, 6.45) is 5.43. The van der Waals surface area contributed by atoms with E-state index in [9.17, 15) is 4.79 Å². The fourth-order valence-corrected chi connectivity index (χ4v) is 3.03. The number of nitrogens with zero attached hydrogens (tertiary/aromatic N) is 5. The maximum atomic E-state index is 12.0. The van der Waals surface area contributed by atoms with Gasteiger partial charge in [0.1, 0.15) is 0 Å². The van der Waals surface area contributed by atoms with E-state index in [1.54, 1.807) is 17.4 Å². The van der Waals surface area contributed by atoms with E-state index in [-0.39, 0.29) is 5.91 Å². The molecule has 0 atom stereocenters. The summed E-state index contributed by atoms with van der Waals surface area (Å²) in [5.41, 5.74) is 2.45. The van der Waals surface area contributed by atoms with Gasteiger partial charge >= 0.3 is 0 Å². The van der Waals surface area contributed by atoms with Gasteiger partial charge in [-0.05, 0) is 60.5 Å². The van der Waals surface area contributed by atoms with Crippen molar-refractivity contribution in [1.82, 2.24) is 25.2 Å². The Labute approximate surface area is 148 Å². The van der Waals surface area contributed by atoms with E-state index in [0.717, 1.165) is 40.6 Å². The molecule has 1 fully saturated rings.